The number of hydrogen-bond acceptors (Lipinski definition) is 6. The molecule has 9 heteroatoms. The minimum absolute atomic E-state index is 0.322. The van der Waals surface area contributed by atoms with Gasteiger partial charge < -0.3 is 19.5 Å². The van der Waals surface area contributed by atoms with E-state index in [1.165, 1.54) is 0 Å². The van der Waals surface area contributed by atoms with Crippen LogP contribution >= 0.6 is 11.6 Å². The van der Waals surface area contributed by atoms with Crippen molar-refractivity contribution in [1.29, 1.82) is 0 Å². The highest BCUT2D eigenvalue weighted by Gasteiger charge is 2.18. The van der Waals surface area contributed by atoms with Gasteiger partial charge >= 0.3 is 0 Å². The lowest BCUT2D eigenvalue weighted by Gasteiger charge is -2.15. The second kappa shape index (κ2) is 10.00. The Hall–Kier alpha value is -2.81. The van der Waals surface area contributed by atoms with E-state index in [0.29, 0.717) is 23.1 Å². The number of rotatable bonds is 9. The average Bonchev–Trinajstić information content (AvgIpc) is 3.14. The summed E-state index contributed by atoms with van der Waals surface area (Å²) in [5, 5.41) is 1.26. The Morgan fingerprint density at radius 3 is 2.65 bits per heavy atom. The van der Waals surface area contributed by atoms with Crippen LogP contribution in [-0.2, 0) is 4.84 Å². The van der Waals surface area contributed by atoms with Gasteiger partial charge in [0.25, 0.3) is 5.91 Å². The van der Waals surface area contributed by atoms with Crippen LogP contribution in [0, 0.1) is 0 Å². The smallest absolute Gasteiger partial charge is 0.277 e. The first-order valence-corrected chi connectivity index (χ1v) is 10.3. The van der Waals surface area contributed by atoms with Crippen molar-refractivity contribution in [3.05, 3.63) is 41.0 Å². The highest BCUT2D eigenvalue weighted by Crippen LogP contribution is 2.38. The van der Waals surface area contributed by atoms with Gasteiger partial charge in [0, 0.05) is 42.3 Å². The molecule has 1 amide bonds. The Labute approximate surface area is 187 Å². The first-order chi connectivity index (χ1) is 14.8. The minimum Gasteiger partial charge on any atom is -0.480 e. The summed E-state index contributed by atoms with van der Waals surface area (Å²) in [5.41, 5.74) is 5.21. The standard InChI is InChI=1S/C22H28ClN5O3/c1-27(2)9-6-10-31-26-21(29)17-13-24-19-12-18(23)15(11-16(17)19)14-7-8-20(28(3)4)25-22(14)30-5/h7-8,11-13,24H,6,9-10H2,1-5H3,(H,26,29). The van der Waals surface area contributed by atoms with Gasteiger partial charge in [-0.1, -0.05) is 11.6 Å². The molecule has 2 N–H and O–H groups in total. The number of halogens is 1. The van der Waals surface area contributed by atoms with Crippen molar-refractivity contribution >= 4 is 34.2 Å². The van der Waals surface area contributed by atoms with Crippen molar-refractivity contribution in [3.63, 3.8) is 0 Å². The average molecular weight is 446 g/mol. The molecule has 0 bridgehead atoms. The van der Waals surface area contributed by atoms with Gasteiger partial charge in [-0.25, -0.2) is 5.48 Å². The monoisotopic (exact) mass is 445 g/mol. The van der Waals surface area contributed by atoms with Crippen molar-refractivity contribution in [1.82, 2.24) is 20.3 Å². The first kappa shape index (κ1) is 22.9. The Kier molecular flexibility index (Phi) is 7.37. The van der Waals surface area contributed by atoms with Crippen LogP contribution in [0.25, 0.3) is 22.0 Å². The topological polar surface area (TPSA) is 82.7 Å². The van der Waals surface area contributed by atoms with E-state index >= 15 is 0 Å². The van der Waals surface area contributed by atoms with Gasteiger partial charge in [0.2, 0.25) is 5.88 Å². The Morgan fingerprint density at radius 1 is 1.19 bits per heavy atom. The highest BCUT2D eigenvalue weighted by atomic mass is 35.5. The Bertz CT molecular complexity index is 1060. The van der Waals surface area contributed by atoms with Crippen LogP contribution in [-0.4, -0.2) is 69.2 Å². The van der Waals surface area contributed by atoms with E-state index < -0.39 is 0 Å². The number of nitrogens with one attached hydrogen (secondary N) is 2. The van der Waals surface area contributed by atoms with Crippen LogP contribution in [0.1, 0.15) is 16.8 Å². The van der Waals surface area contributed by atoms with E-state index in [4.69, 9.17) is 21.2 Å². The molecule has 0 saturated heterocycles. The highest BCUT2D eigenvalue weighted by molar-refractivity contribution is 6.34. The number of hydroxylamine groups is 1. The molecule has 0 atom stereocenters. The zero-order chi connectivity index (χ0) is 22.5. The molecular formula is C22H28ClN5O3. The largest absolute Gasteiger partial charge is 0.480 e. The van der Waals surface area contributed by atoms with Crippen molar-refractivity contribution < 1.29 is 14.4 Å². The molecule has 8 nitrogen and oxygen atoms in total. The van der Waals surface area contributed by atoms with Crippen LogP contribution in [0.2, 0.25) is 5.02 Å². The van der Waals surface area contributed by atoms with E-state index in [2.05, 4.69) is 20.3 Å². The number of amides is 1. The molecule has 0 aliphatic carbocycles. The summed E-state index contributed by atoms with van der Waals surface area (Å²) in [5.74, 6) is 0.904. The zero-order valence-electron chi connectivity index (χ0n) is 18.5. The summed E-state index contributed by atoms with van der Waals surface area (Å²) in [4.78, 5) is 29.6. The Morgan fingerprint density at radius 2 is 1.97 bits per heavy atom. The zero-order valence-corrected chi connectivity index (χ0v) is 19.2. The summed E-state index contributed by atoms with van der Waals surface area (Å²) < 4.78 is 5.50. The number of carbonyl (C=O) groups is 1. The van der Waals surface area contributed by atoms with Crippen molar-refractivity contribution in [2.24, 2.45) is 0 Å². The van der Waals surface area contributed by atoms with Gasteiger partial charge in [0.1, 0.15) is 5.82 Å². The molecule has 0 fully saturated rings. The van der Waals surface area contributed by atoms with Crippen LogP contribution in [0.3, 0.4) is 0 Å². The van der Waals surface area contributed by atoms with Crippen molar-refractivity contribution in [2.45, 2.75) is 6.42 Å². The molecule has 2 heterocycles. The summed E-state index contributed by atoms with van der Waals surface area (Å²) in [6.45, 7) is 1.32. The van der Waals surface area contributed by atoms with Gasteiger partial charge in [-0.3, -0.25) is 9.63 Å². The molecule has 1 aromatic carbocycles. The quantitative estimate of drug-likeness (QED) is 0.387. The normalized spacial score (nSPS) is 11.2. The third-order valence-corrected chi connectivity index (χ3v) is 5.13. The summed E-state index contributed by atoms with van der Waals surface area (Å²) in [7, 11) is 9.37. The molecule has 3 rings (SSSR count). The fourth-order valence-electron chi connectivity index (χ4n) is 3.20. The number of benzene rings is 1. The predicted octanol–water partition coefficient (Wildman–Crippen LogP) is 3.57. The molecule has 2 aromatic heterocycles. The van der Waals surface area contributed by atoms with Crippen LogP contribution in [0.4, 0.5) is 5.82 Å². The Balaban J connectivity index is 1.88. The SMILES string of the molecule is COc1nc(N(C)C)ccc1-c1cc2c(C(=O)NOCCCN(C)C)c[nH]c2cc1Cl. The molecule has 0 aliphatic rings. The molecule has 0 radical (unpaired) electrons. The lowest BCUT2D eigenvalue weighted by molar-refractivity contribution is 0.0290. The van der Waals surface area contributed by atoms with E-state index in [0.717, 1.165) is 40.8 Å². The van der Waals surface area contributed by atoms with Gasteiger partial charge in [0.05, 0.1) is 24.3 Å². The maximum absolute atomic E-state index is 12.7. The number of anilines is 1. The summed E-state index contributed by atoms with van der Waals surface area (Å²) >= 11 is 6.56. The van der Waals surface area contributed by atoms with Crippen molar-refractivity contribution in [3.8, 4) is 17.0 Å². The number of methoxy groups -OCH3 is 1. The van der Waals surface area contributed by atoms with E-state index in [1.54, 1.807) is 19.4 Å². The van der Waals surface area contributed by atoms with Gasteiger partial charge in [-0.15, -0.1) is 0 Å². The van der Waals surface area contributed by atoms with Gasteiger partial charge in [-0.05, 0) is 51.3 Å². The number of pyridine rings is 1. The van der Waals surface area contributed by atoms with Crippen molar-refractivity contribution in [2.75, 3.05) is 53.4 Å². The van der Waals surface area contributed by atoms with Crippen LogP contribution in [0.5, 0.6) is 5.88 Å². The maximum atomic E-state index is 12.7. The second-order valence-electron chi connectivity index (χ2n) is 7.64. The van der Waals surface area contributed by atoms with Crippen LogP contribution in [0.15, 0.2) is 30.5 Å². The number of ether oxygens (including phenoxy) is 1. The molecular weight excluding hydrogens is 418 g/mol. The number of H-pyrrole nitrogens is 1. The molecule has 31 heavy (non-hydrogen) atoms. The van der Waals surface area contributed by atoms with Gasteiger partial charge in [-0.2, -0.15) is 4.98 Å². The van der Waals surface area contributed by atoms with E-state index in [1.807, 2.05) is 51.3 Å². The number of hydrogen-bond donors (Lipinski definition) is 2. The molecule has 0 spiro atoms. The fourth-order valence-corrected chi connectivity index (χ4v) is 3.47. The van der Waals surface area contributed by atoms with Crippen LogP contribution < -0.4 is 15.1 Å². The maximum Gasteiger partial charge on any atom is 0.277 e. The third-order valence-electron chi connectivity index (χ3n) is 4.82. The summed E-state index contributed by atoms with van der Waals surface area (Å²) in [6.07, 6.45) is 2.46. The number of carbonyl (C=O) groups excluding carboxylic acids is 1. The van der Waals surface area contributed by atoms with E-state index in [9.17, 15) is 4.79 Å². The predicted molar refractivity (Wildman–Crippen MR) is 124 cm³/mol. The van der Waals surface area contributed by atoms with E-state index in [-0.39, 0.29) is 5.91 Å². The minimum atomic E-state index is -0.322. The number of fused-ring (bicyclic) bond motifs is 1. The molecule has 3 aromatic rings. The molecule has 166 valence electrons. The lowest BCUT2D eigenvalue weighted by atomic mass is 10.0. The molecule has 0 aliphatic heterocycles. The fraction of sp³-hybridized carbons (Fsp3) is 0.364. The third kappa shape index (κ3) is 5.28. The molecule has 0 saturated carbocycles. The number of aromatic amines is 1. The number of nitrogens with zero attached hydrogens (tertiary/aromatic N) is 3. The molecule has 0 unspecified atom stereocenters. The summed E-state index contributed by atoms with van der Waals surface area (Å²) in [6, 6.07) is 7.46. The number of aromatic nitrogens is 2. The lowest BCUT2D eigenvalue weighted by Crippen LogP contribution is -2.25. The second-order valence-corrected chi connectivity index (χ2v) is 8.04. The van der Waals surface area contributed by atoms with Gasteiger partial charge in [0.15, 0.2) is 0 Å². The first-order valence-electron chi connectivity index (χ1n) is 9.92.